The van der Waals surface area contributed by atoms with Gasteiger partial charge in [0.25, 0.3) is 5.91 Å². The van der Waals surface area contributed by atoms with E-state index in [-0.39, 0.29) is 40.6 Å². The van der Waals surface area contributed by atoms with Crippen molar-refractivity contribution in [2.24, 2.45) is 34.3 Å². The molecule has 1 aromatic heterocycles. The molecular formula is C36H55N5O6. The summed E-state index contributed by atoms with van der Waals surface area (Å²) in [4.78, 5) is 68.1. The number of fused-ring (bicyclic) bond motifs is 1. The molecular weight excluding hydrogens is 598 g/mol. The maximum atomic E-state index is 14.4. The summed E-state index contributed by atoms with van der Waals surface area (Å²) in [6, 6.07) is 0.824. The van der Waals surface area contributed by atoms with E-state index in [1.54, 1.807) is 11.2 Å². The quantitative estimate of drug-likeness (QED) is 0.173. The van der Waals surface area contributed by atoms with Gasteiger partial charge in [-0.2, -0.15) is 0 Å². The minimum Gasteiger partial charge on any atom is -0.469 e. The summed E-state index contributed by atoms with van der Waals surface area (Å²) < 4.78 is 5.48. The highest BCUT2D eigenvalue weighted by atomic mass is 16.3. The molecule has 5 N–H and O–H groups in total. The van der Waals surface area contributed by atoms with Gasteiger partial charge in [0.1, 0.15) is 17.8 Å². The summed E-state index contributed by atoms with van der Waals surface area (Å²) in [5.41, 5.74) is 4.21. The van der Waals surface area contributed by atoms with E-state index in [2.05, 4.69) is 29.8 Å². The fourth-order valence-corrected chi connectivity index (χ4v) is 8.27. The van der Waals surface area contributed by atoms with Crippen LogP contribution in [0.4, 0.5) is 4.79 Å². The van der Waals surface area contributed by atoms with Gasteiger partial charge in [0.05, 0.1) is 12.3 Å². The van der Waals surface area contributed by atoms with Gasteiger partial charge in [0.2, 0.25) is 17.6 Å². The Bertz CT molecular complexity index is 1320. The molecule has 260 valence electrons. The summed E-state index contributed by atoms with van der Waals surface area (Å²) in [6.07, 6.45) is 12.6. The zero-order valence-electron chi connectivity index (χ0n) is 28.9. The van der Waals surface area contributed by atoms with Crippen molar-refractivity contribution in [2.75, 3.05) is 6.54 Å². The standard InChI is InChI=1S/C36H55N5O6/c1-34(2,3)29(39-33(46)40-36(16-8-6-9-17-36)18-10-7-12-23-13-11-19-47-23)32(45)41-21-24-26(35(24,4)5)27(41)31(44)38-25(20-22-14-15-22)28(42)30(37)43/h11,13,19,22,24-27,29H,6-10,12,14-18,20-21H2,1-5H3,(H2,37,43)(H,38,44)(H2,39,40,46)/t24?,25?,26?,27-,29+/m0/s1. The molecule has 1 aliphatic heterocycles. The normalized spacial score (nSPS) is 25.6. The number of unbranched alkanes of at least 4 members (excludes halogenated alkanes) is 1. The van der Waals surface area contributed by atoms with E-state index in [1.165, 1.54) is 0 Å². The SMILES string of the molecule is CC1(C)C2CN(C(=O)[C@@H](NC(=O)NC3(CCCCc4ccco4)CCCCC3)C(C)(C)C)[C@H](C(=O)NC(CC3CC3)C(=O)C(N)=O)C21. The molecule has 0 spiro atoms. The van der Waals surface area contributed by atoms with Crippen molar-refractivity contribution in [2.45, 2.75) is 135 Å². The number of hydrogen-bond donors (Lipinski definition) is 4. The van der Waals surface area contributed by atoms with Gasteiger partial charge in [0, 0.05) is 18.5 Å². The van der Waals surface area contributed by atoms with Crippen molar-refractivity contribution in [3.05, 3.63) is 24.2 Å². The number of ketones is 1. The van der Waals surface area contributed by atoms with Crippen molar-refractivity contribution in [3.63, 3.8) is 0 Å². The number of carbonyl (C=O) groups is 5. The zero-order valence-corrected chi connectivity index (χ0v) is 28.9. The van der Waals surface area contributed by atoms with Gasteiger partial charge in [-0.25, -0.2) is 4.79 Å². The van der Waals surface area contributed by atoms with Gasteiger partial charge >= 0.3 is 6.03 Å². The summed E-state index contributed by atoms with van der Waals surface area (Å²) in [5.74, 6) is -1.36. The molecule has 47 heavy (non-hydrogen) atoms. The van der Waals surface area contributed by atoms with Crippen LogP contribution in [0.5, 0.6) is 0 Å². The van der Waals surface area contributed by atoms with Crippen molar-refractivity contribution in [3.8, 4) is 0 Å². The van der Waals surface area contributed by atoms with E-state index in [4.69, 9.17) is 10.2 Å². The van der Waals surface area contributed by atoms with Crippen molar-refractivity contribution in [1.29, 1.82) is 0 Å². The van der Waals surface area contributed by atoms with Gasteiger partial charge in [-0.05, 0) is 72.8 Å². The van der Waals surface area contributed by atoms with Crippen LogP contribution in [-0.2, 0) is 25.6 Å². The predicted octanol–water partition coefficient (Wildman–Crippen LogP) is 4.23. The number of piperidine rings is 1. The number of primary amides is 1. The van der Waals surface area contributed by atoms with E-state index in [0.717, 1.165) is 76.4 Å². The van der Waals surface area contributed by atoms with Crippen LogP contribution in [0.15, 0.2) is 22.8 Å². The van der Waals surface area contributed by atoms with Gasteiger partial charge < -0.3 is 31.0 Å². The minimum absolute atomic E-state index is 0.0853. The zero-order chi connectivity index (χ0) is 34.1. The number of furan rings is 1. The van der Waals surface area contributed by atoms with Crippen LogP contribution < -0.4 is 21.7 Å². The maximum Gasteiger partial charge on any atom is 0.315 e. The molecule has 11 nitrogen and oxygen atoms in total. The first-order valence-electron chi connectivity index (χ1n) is 17.7. The lowest BCUT2D eigenvalue weighted by Crippen LogP contribution is -2.63. The average molecular weight is 654 g/mol. The van der Waals surface area contributed by atoms with Gasteiger partial charge in [-0.3, -0.25) is 19.2 Å². The second-order valence-electron chi connectivity index (χ2n) is 16.4. The molecule has 5 atom stereocenters. The van der Waals surface area contributed by atoms with E-state index >= 15 is 0 Å². The Morgan fingerprint density at radius 3 is 2.34 bits per heavy atom. The predicted molar refractivity (Wildman–Crippen MR) is 177 cm³/mol. The molecule has 0 bridgehead atoms. The largest absolute Gasteiger partial charge is 0.469 e. The number of urea groups is 1. The number of rotatable bonds is 14. The Morgan fingerprint density at radius 1 is 1.04 bits per heavy atom. The van der Waals surface area contributed by atoms with Gasteiger partial charge in [-0.1, -0.05) is 73.1 Å². The Labute approximate surface area is 278 Å². The number of hydrogen-bond acceptors (Lipinski definition) is 6. The average Bonchev–Trinajstić information content (AvgIpc) is 3.71. The van der Waals surface area contributed by atoms with Crippen LogP contribution in [0, 0.1) is 28.6 Å². The summed E-state index contributed by atoms with van der Waals surface area (Å²) in [5, 5.41) is 9.15. The second-order valence-corrected chi connectivity index (χ2v) is 16.4. The minimum atomic E-state index is -1.07. The van der Waals surface area contributed by atoms with Crippen LogP contribution in [0.3, 0.4) is 0 Å². The molecule has 0 radical (unpaired) electrons. The van der Waals surface area contributed by atoms with Crippen molar-refractivity contribution < 1.29 is 28.4 Å². The Hall–Kier alpha value is -3.37. The molecule has 4 fully saturated rings. The van der Waals surface area contributed by atoms with Crippen molar-refractivity contribution in [1.82, 2.24) is 20.9 Å². The van der Waals surface area contributed by atoms with E-state index in [0.29, 0.717) is 13.0 Å². The number of aryl methyl sites for hydroxylation is 1. The summed E-state index contributed by atoms with van der Waals surface area (Å²) in [6.45, 7) is 10.3. The van der Waals surface area contributed by atoms with Gasteiger partial charge in [0.15, 0.2) is 0 Å². The van der Waals surface area contributed by atoms with Crippen LogP contribution in [-0.4, -0.2) is 64.6 Å². The number of nitrogens with one attached hydrogen (secondary N) is 3. The Balaban J connectivity index is 1.27. The lowest BCUT2D eigenvalue weighted by molar-refractivity contribution is -0.145. The van der Waals surface area contributed by atoms with Gasteiger partial charge in [-0.15, -0.1) is 0 Å². The van der Waals surface area contributed by atoms with Crippen LogP contribution in [0.1, 0.15) is 111 Å². The van der Waals surface area contributed by atoms with E-state index in [9.17, 15) is 24.0 Å². The lowest BCUT2D eigenvalue weighted by atomic mass is 9.78. The number of carbonyl (C=O) groups excluding carboxylic acids is 5. The molecule has 3 aliphatic carbocycles. The molecule has 2 heterocycles. The number of amides is 5. The Kier molecular flexibility index (Phi) is 10.1. The number of likely N-dealkylation sites (tertiary alicyclic amines) is 1. The smallest absolute Gasteiger partial charge is 0.315 e. The highest BCUT2D eigenvalue weighted by Gasteiger charge is 2.70. The third-order valence-electron chi connectivity index (χ3n) is 11.4. The summed E-state index contributed by atoms with van der Waals surface area (Å²) >= 11 is 0. The van der Waals surface area contributed by atoms with E-state index < -0.39 is 41.1 Å². The first kappa shape index (κ1) is 35.0. The fraction of sp³-hybridized carbons (Fsp3) is 0.750. The Morgan fingerprint density at radius 2 is 1.74 bits per heavy atom. The first-order chi connectivity index (χ1) is 22.1. The van der Waals surface area contributed by atoms with Crippen molar-refractivity contribution >= 4 is 29.5 Å². The molecule has 0 aromatic carbocycles. The topological polar surface area (TPSA) is 164 Å². The summed E-state index contributed by atoms with van der Waals surface area (Å²) in [7, 11) is 0. The molecule has 1 saturated heterocycles. The molecule has 3 unspecified atom stereocenters. The second kappa shape index (κ2) is 13.6. The molecule has 11 heteroatoms. The third-order valence-corrected chi connectivity index (χ3v) is 11.4. The highest BCUT2D eigenvalue weighted by molar-refractivity contribution is 6.37. The van der Waals surface area contributed by atoms with Crippen LogP contribution in [0.25, 0.3) is 0 Å². The highest BCUT2D eigenvalue weighted by Crippen LogP contribution is 2.65. The lowest BCUT2D eigenvalue weighted by Gasteiger charge is -2.41. The number of nitrogens with two attached hydrogens (primary N) is 1. The maximum absolute atomic E-state index is 14.4. The van der Waals surface area contributed by atoms with Crippen LogP contribution >= 0.6 is 0 Å². The first-order valence-corrected chi connectivity index (χ1v) is 17.7. The number of Topliss-reactive ketones (excluding diaryl/α,β-unsaturated/α-hetero) is 1. The fourth-order valence-electron chi connectivity index (χ4n) is 8.27. The van der Waals surface area contributed by atoms with E-state index in [1.807, 2.05) is 32.9 Å². The molecule has 5 amide bonds. The molecule has 3 saturated carbocycles. The monoisotopic (exact) mass is 653 g/mol. The third kappa shape index (κ3) is 8.03. The molecule has 4 aliphatic rings. The molecule has 5 rings (SSSR count). The number of nitrogens with zero attached hydrogens (tertiary/aromatic N) is 1. The molecule has 1 aromatic rings. The van der Waals surface area contributed by atoms with Crippen LogP contribution in [0.2, 0.25) is 0 Å².